The minimum Gasteiger partial charge on any atom is -0.373 e. The van der Waals surface area contributed by atoms with Crippen LogP contribution in [0, 0.1) is 6.92 Å². The molecule has 1 aromatic carbocycles. The summed E-state index contributed by atoms with van der Waals surface area (Å²) < 4.78 is 0. The molecule has 0 atom stereocenters. The van der Waals surface area contributed by atoms with Crippen LogP contribution in [-0.4, -0.2) is 36.0 Å². The van der Waals surface area contributed by atoms with Crippen molar-refractivity contribution in [2.24, 2.45) is 0 Å². The third kappa shape index (κ3) is 4.74. The molecule has 0 saturated carbocycles. The van der Waals surface area contributed by atoms with Gasteiger partial charge in [0, 0.05) is 38.2 Å². The summed E-state index contributed by atoms with van der Waals surface area (Å²) in [6, 6.07) is 15.8. The van der Waals surface area contributed by atoms with Gasteiger partial charge < -0.3 is 9.80 Å². The molecule has 0 aliphatic heterocycles. The second-order valence-corrected chi connectivity index (χ2v) is 6.82. The molecule has 0 unspecified atom stereocenters. The number of nitrogens with zero attached hydrogens (tertiary/aromatic N) is 4. The zero-order valence-corrected chi connectivity index (χ0v) is 16.7. The fraction of sp³-hybridized carbons (Fsp3) is 0.261. The van der Waals surface area contributed by atoms with Crippen molar-refractivity contribution in [3.05, 3.63) is 83.9 Å². The lowest BCUT2D eigenvalue weighted by Crippen LogP contribution is -2.31. The summed E-state index contributed by atoms with van der Waals surface area (Å²) in [6.07, 6.45) is 6.32. The van der Waals surface area contributed by atoms with Gasteiger partial charge >= 0.3 is 0 Å². The van der Waals surface area contributed by atoms with E-state index >= 15 is 0 Å². The molecule has 0 spiro atoms. The molecule has 1 amide bonds. The Labute approximate surface area is 166 Å². The maximum absolute atomic E-state index is 12.9. The number of hydrogen-bond donors (Lipinski definition) is 0. The van der Waals surface area contributed by atoms with E-state index in [0.717, 1.165) is 29.9 Å². The Hall–Kier alpha value is -3.21. The molecular weight excluding hydrogens is 348 g/mol. The van der Waals surface area contributed by atoms with Crippen LogP contribution >= 0.6 is 0 Å². The molecule has 28 heavy (non-hydrogen) atoms. The molecular formula is C23H26N4O. The predicted octanol–water partition coefficient (Wildman–Crippen LogP) is 4.13. The Balaban J connectivity index is 1.68. The van der Waals surface area contributed by atoms with Crippen molar-refractivity contribution >= 4 is 17.3 Å². The lowest BCUT2D eigenvalue weighted by Gasteiger charge is -2.22. The highest BCUT2D eigenvalue weighted by Gasteiger charge is 2.17. The van der Waals surface area contributed by atoms with Crippen molar-refractivity contribution in [3.63, 3.8) is 0 Å². The summed E-state index contributed by atoms with van der Waals surface area (Å²) in [5, 5.41) is 0. The Morgan fingerprint density at radius 2 is 1.82 bits per heavy atom. The van der Waals surface area contributed by atoms with Gasteiger partial charge in [-0.1, -0.05) is 12.1 Å². The molecule has 0 saturated heterocycles. The fourth-order valence-electron chi connectivity index (χ4n) is 3.09. The lowest BCUT2D eigenvalue weighted by molar-refractivity contribution is 0.0983. The van der Waals surface area contributed by atoms with Gasteiger partial charge in [0.15, 0.2) is 0 Å². The van der Waals surface area contributed by atoms with Crippen LogP contribution in [0.3, 0.4) is 0 Å². The first-order chi connectivity index (χ1) is 13.6. The molecule has 144 valence electrons. The van der Waals surface area contributed by atoms with Crippen molar-refractivity contribution in [3.8, 4) is 0 Å². The van der Waals surface area contributed by atoms with Crippen LogP contribution in [-0.2, 0) is 6.42 Å². The van der Waals surface area contributed by atoms with Crippen LogP contribution in [0.1, 0.15) is 28.5 Å². The van der Waals surface area contributed by atoms with Gasteiger partial charge in [0.25, 0.3) is 5.91 Å². The van der Waals surface area contributed by atoms with Crippen molar-refractivity contribution < 1.29 is 4.79 Å². The molecule has 0 aliphatic rings. The van der Waals surface area contributed by atoms with Crippen LogP contribution in [0.25, 0.3) is 0 Å². The highest BCUT2D eigenvalue weighted by Crippen LogP contribution is 2.19. The number of aromatic nitrogens is 2. The molecule has 0 radical (unpaired) electrons. The van der Waals surface area contributed by atoms with E-state index in [1.807, 2.05) is 75.8 Å². The smallest absolute Gasteiger partial charge is 0.276 e. The lowest BCUT2D eigenvalue weighted by atomic mass is 10.2. The van der Waals surface area contributed by atoms with E-state index in [-0.39, 0.29) is 5.91 Å². The predicted molar refractivity (Wildman–Crippen MR) is 114 cm³/mol. The van der Waals surface area contributed by atoms with E-state index in [1.54, 1.807) is 17.2 Å². The van der Waals surface area contributed by atoms with E-state index in [4.69, 9.17) is 0 Å². The second-order valence-electron chi connectivity index (χ2n) is 6.82. The Bertz CT molecular complexity index is 909. The van der Waals surface area contributed by atoms with Crippen molar-refractivity contribution in [2.45, 2.75) is 20.3 Å². The van der Waals surface area contributed by atoms with Gasteiger partial charge in [-0.3, -0.25) is 9.78 Å². The molecule has 0 N–H and O–H groups in total. The monoisotopic (exact) mass is 374 g/mol. The Morgan fingerprint density at radius 3 is 2.46 bits per heavy atom. The Kier molecular flexibility index (Phi) is 6.37. The average molecular weight is 374 g/mol. The van der Waals surface area contributed by atoms with E-state index in [2.05, 4.69) is 14.9 Å². The highest BCUT2D eigenvalue weighted by molar-refractivity contribution is 6.04. The first kappa shape index (κ1) is 19.5. The summed E-state index contributed by atoms with van der Waals surface area (Å²) in [5.41, 5.74) is 4.72. The number of likely N-dealkylation sites (N-methyl/N-ethyl adjacent to an activating group) is 1. The van der Waals surface area contributed by atoms with Gasteiger partial charge in [0.2, 0.25) is 0 Å². The van der Waals surface area contributed by atoms with E-state index in [1.165, 1.54) is 5.56 Å². The van der Waals surface area contributed by atoms with Gasteiger partial charge in [-0.05, 0) is 67.8 Å². The number of amides is 1. The normalized spacial score (nSPS) is 10.5. The summed E-state index contributed by atoms with van der Waals surface area (Å²) in [5.74, 6) is -0.0842. The number of carbonyl (C=O) groups excluding carboxylic acids is 1. The van der Waals surface area contributed by atoms with Crippen LogP contribution in [0.15, 0.2) is 67.1 Å². The van der Waals surface area contributed by atoms with Gasteiger partial charge in [-0.2, -0.15) is 0 Å². The van der Waals surface area contributed by atoms with E-state index in [0.29, 0.717) is 12.2 Å². The number of carbonyl (C=O) groups is 1. The summed E-state index contributed by atoms with van der Waals surface area (Å²) in [7, 11) is 2.03. The molecule has 0 fully saturated rings. The fourth-order valence-corrected chi connectivity index (χ4v) is 3.09. The number of pyridine rings is 2. The standard InChI is InChI=1S/C23H26N4O/c1-4-27(20-7-5-6-18(2)16-20)23(28)22-9-8-21(17-25-22)26(3)15-12-19-10-13-24-14-11-19/h5-11,13-14,16-17H,4,12,15H2,1-3H3. The van der Waals surface area contributed by atoms with Crippen LogP contribution in [0.4, 0.5) is 11.4 Å². The quantitative estimate of drug-likeness (QED) is 0.624. The summed E-state index contributed by atoms with van der Waals surface area (Å²) >= 11 is 0. The number of hydrogen-bond acceptors (Lipinski definition) is 4. The largest absolute Gasteiger partial charge is 0.373 e. The first-order valence-corrected chi connectivity index (χ1v) is 9.53. The minimum atomic E-state index is -0.0842. The molecule has 5 heteroatoms. The van der Waals surface area contributed by atoms with Crippen molar-refractivity contribution in [1.29, 1.82) is 0 Å². The van der Waals surface area contributed by atoms with E-state index < -0.39 is 0 Å². The van der Waals surface area contributed by atoms with Gasteiger partial charge in [0.1, 0.15) is 5.69 Å². The summed E-state index contributed by atoms with van der Waals surface area (Å²) in [4.78, 5) is 25.3. The molecule has 5 nitrogen and oxygen atoms in total. The SMILES string of the molecule is CCN(C(=O)c1ccc(N(C)CCc2ccncc2)cn1)c1cccc(C)c1. The minimum absolute atomic E-state index is 0.0842. The summed E-state index contributed by atoms with van der Waals surface area (Å²) in [6.45, 7) is 5.46. The van der Waals surface area contributed by atoms with Crippen molar-refractivity contribution in [2.75, 3.05) is 29.9 Å². The number of anilines is 2. The van der Waals surface area contributed by atoms with Crippen LogP contribution < -0.4 is 9.80 Å². The second kappa shape index (κ2) is 9.13. The molecule has 3 aromatic rings. The topological polar surface area (TPSA) is 49.3 Å². The zero-order chi connectivity index (χ0) is 19.9. The third-order valence-electron chi connectivity index (χ3n) is 4.77. The zero-order valence-electron chi connectivity index (χ0n) is 16.7. The van der Waals surface area contributed by atoms with Gasteiger partial charge in [0.05, 0.1) is 11.9 Å². The third-order valence-corrected chi connectivity index (χ3v) is 4.77. The molecule has 2 aromatic heterocycles. The van der Waals surface area contributed by atoms with Crippen LogP contribution in [0.2, 0.25) is 0 Å². The Morgan fingerprint density at radius 1 is 1.04 bits per heavy atom. The van der Waals surface area contributed by atoms with Gasteiger partial charge in [-0.25, -0.2) is 4.98 Å². The maximum atomic E-state index is 12.9. The van der Waals surface area contributed by atoms with Crippen LogP contribution in [0.5, 0.6) is 0 Å². The molecule has 2 heterocycles. The van der Waals surface area contributed by atoms with Crippen molar-refractivity contribution in [1.82, 2.24) is 9.97 Å². The molecule has 0 bridgehead atoms. The highest BCUT2D eigenvalue weighted by atomic mass is 16.2. The number of benzene rings is 1. The number of rotatable bonds is 7. The number of aryl methyl sites for hydroxylation is 1. The first-order valence-electron chi connectivity index (χ1n) is 9.53. The van der Waals surface area contributed by atoms with E-state index in [9.17, 15) is 4.79 Å². The van der Waals surface area contributed by atoms with Gasteiger partial charge in [-0.15, -0.1) is 0 Å². The molecule has 3 rings (SSSR count). The average Bonchev–Trinajstić information content (AvgIpc) is 2.73. The molecule has 0 aliphatic carbocycles. The maximum Gasteiger partial charge on any atom is 0.276 e.